The second kappa shape index (κ2) is 7.99. The number of hydrogen-bond donors (Lipinski definition) is 0. The fraction of sp³-hybridized carbons (Fsp3) is 0.667. The molecule has 1 aliphatic carbocycles. The van der Waals surface area contributed by atoms with Crippen molar-refractivity contribution in [2.45, 2.75) is 44.4 Å². The highest BCUT2D eigenvalue weighted by Gasteiger charge is 2.44. The maximum atomic E-state index is 14.2. The Kier molecular flexibility index (Phi) is 5.22. The number of ether oxygens (including phenoxy) is 1. The van der Waals surface area contributed by atoms with E-state index in [1.54, 1.807) is 19.4 Å². The zero-order valence-electron chi connectivity index (χ0n) is 17.0. The third-order valence-corrected chi connectivity index (χ3v) is 6.96. The number of hydrogen-bond acceptors (Lipinski definition) is 6. The van der Waals surface area contributed by atoms with Crippen molar-refractivity contribution in [3.05, 3.63) is 36.2 Å². The summed E-state index contributed by atoms with van der Waals surface area (Å²) in [4.78, 5) is 8.49. The minimum Gasteiger partial charge on any atom is -0.379 e. The molecule has 2 saturated heterocycles. The molecule has 0 amide bonds. The van der Waals surface area contributed by atoms with Crippen molar-refractivity contribution in [3.8, 4) is 0 Å². The van der Waals surface area contributed by atoms with Crippen molar-refractivity contribution >= 4 is 5.69 Å². The molecule has 3 fully saturated rings. The zero-order valence-corrected chi connectivity index (χ0v) is 17.0. The summed E-state index contributed by atoms with van der Waals surface area (Å²) in [6.07, 6.45) is 9.69. The van der Waals surface area contributed by atoms with E-state index in [1.165, 1.54) is 19.0 Å². The lowest BCUT2D eigenvalue weighted by atomic mass is 9.77. The van der Waals surface area contributed by atoms with Gasteiger partial charge in [-0.25, -0.2) is 9.07 Å². The minimum atomic E-state index is -0.242. The smallest absolute Gasteiger partial charge is 0.164 e. The SMILES string of the molecule is CO[C@@H]1C[C@H]2CN(c3ccncc3F)C[C@H]2C[C@H]1n1cc(CN2CCCC2)nn1. The molecule has 29 heavy (non-hydrogen) atoms. The van der Waals surface area contributed by atoms with Crippen LogP contribution in [0.5, 0.6) is 0 Å². The average Bonchev–Trinajstić information content (AvgIpc) is 3.48. The summed E-state index contributed by atoms with van der Waals surface area (Å²) in [7, 11) is 1.79. The lowest BCUT2D eigenvalue weighted by molar-refractivity contribution is -0.00543. The highest BCUT2D eigenvalue weighted by molar-refractivity contribution is 5.47. The van der Waals surface area contributed by atoms with Gasteiger partial charge in [0.15, 0.2) is 5.82 Å². The molecule has 0 radical (unpaired) electrons. The Bertz CT molecular complexity index is 838. The van der Waals surface area contributed by atoms with Crippen molar-refractivity contribution in [1.82, 2.24) is 24.9 Å². The third-order valence-electron chi connectivity index (χ3n) is 6.96. The van der Waals surface area contributed by atoms with Crippen molar-refractivity contribution in [1.29, 1.82) is 0 Å². The van der Waals surface area contributed by atoms with Gasteiger partial charge in [0.25, 0.3) is 0 Å². The molecule has 4 heterocycles. The van der Waals surface area contributed by atoms with Gasteiger partial charge in [-0.2, -0.15) is 0 Å². The van der Waals surface area contributed by atoms with Gasteiger partial charge in [0.1, 0.15) is 0 Å². The van der Waals surface area contributed by atoms with Gasteiger partial charge in [-0.3, -0.25) is 9.88 Å². The molecule has 0 spiro atoms. The van der Waals surface area contributed by atoms with Gasteiger partial charge >= 0.3 is 0 Å². The molecule has 156 valence electrons. The molecule has 0 bridgehead atoms. The Morgan fingerprint density at radius 1 is 1.17 bits per heavy atom. The summed E-state index contributed by atoms with van der Waals surface area (Å²) in [5, 5.41) is 8.90. The summed E-state index contributed by atoms with van der Waals surface area (Å²) in [5.74, 6) is 0.773. The van der Waals surface area contributed by atoms with Crippen LogP contribution in [-0.4, -0.2) is 64.3 Å². The molecule has 0 aromatic carbocycles. The maximum Gasteiger partial charge on any atom is 0.164 e. The molecule has 0 N–H and O–H groups in total. The van der Waals surface area contributed by atoms with Crippen LogP contribution in [0.25, 0.3) is 0 Å². The topological polar surface area (TPSA) is 59.3 Å². The van der Waals surface area contributed by atoms with Gasteiger partial charge < -0.3 is 9.64 Å². The minimum absolute atomic E-state index is 0.111. The van der Waals surface area contributed by atoms with Crippen LogP contribution in [0.3, 0.4) is 0 Å². The number of rotatable bonds is 5. The summed E-state index contributed by atoms with van der Waals surface area (Å²) in [6.45, 7) is 4.93. The van der Waals surface area contributed by atoms with Gasteiger partial charge in [-0.1, -0.05) is 5.21 Å². The Morgan fingerprint density at radius 2 is 1.97 bits per heavy atom. The first-order chi connectivity index (χ1) is 14.2. The van der Waals surface area contributed by atoms with E-state index in [-0.39, 0.29) is 18.0 Å². The summed E-state index contributed by atoms with van der Waals surface area (Å²) in [6, 6.07) is 1.96. The Morgan fingerprint density at radius 3 is 2.72 bits per heavy atom. The van der Waals surface area contributed by atoms with E-state index in [1.807, 2.05) is 4.68 Å². The molecule has 5 rings (SSSR count). The summed E-state index contributed by atoms with van der Waals surface area (Å²) in [5.41, 5.74) is 1.70. The molecule has 2 aromatic heterocycles. The largest absolute Gasteiger partial charge is 0.379 e. The second-order valence-corrected chi connectivity index (χ2v) is 8.74. The lowest BCUT2D eigenvalue weighted by Gasteiger charge is -2.36. The molecule has 4 atom stereocenters. The molecular formula is C21H29FN6O. The van der Waals surface area contributed by atoms with E-state index >= 15 is 0 Å². The number of aromatic nitrogens is 4. The highest BCUT2D eigenvalue weighted by Crippen LogP contribution is 2.43. The first-order valence-electron chi connectivity index (χ1n) is 10.7. The number of fused-ring (bicyclic) bond motifs is 1. The zero-order chi connectivity index (χ0) is 19.8. The van der Waals surface area contributed by atoms with Crippen LogP contribution in [0.2, 0.25) is 0 Å². The molecule has 8 heteroatoms. The molecule has 3 aliphatic rings. The van der Waals surface area contributed by atoms with Crippen LogP contribution in [-0.2, 0) is 11.3 Å². The van der Waals surface area contributed by atoms with Gasteiger partial charge in [-0.15, -0.1) is 5.10 Å². The van der Waals surface area contributed by atoms with Crippen molar-refractivity contribution < 1.29 is 9.13 Å². The third kappa shape index (κ3) is 3.75. The second-order valence-electron chi connectivity index (χ2n) is 8.74. The molecule has 0 unspecified atom stereocenters. The van der Waals surface area contributed by atoms with Gasteiger partial charge in [0.2, 0.25) is 0 Å². The van der Waals surface area contributed by atoms with E-state index in [0.29, 0.717) is 17.5 Å². The van der Waals surface area contributed by atoms with Crippen molar-refractivity contribution in [2.75, 3.05) is 38.2 Å². The molecule has 2 aromatic rings. The van der Waals surface area contributed by atoms with Crippen molar-refractivity contribution in [3.63, 3.8) is 0 Å². The lowest BCUT2D eigenvalue weighted by Crippen LogP contribution is -2.37. The molecular weight excluding hydrogens is 371 g/mol. The molecule has 7 nitrogen and oxygen atoms in total. The van der Waals surface area contributed by atoms with Crippen LogP contribution >= 0.6 is 0 Å². The summed E-state index contributed by atoms with van der Waals surface area (Å²) >= 11 is 0. The number of methoxy groups -OCH3 is 1. The van der Waals surface area contributed by atoms with Gasteiger partial charge in [0, 0.05) is 32.9 Å². The maximum absolute atomic E-state index is 14.2. The van der Waals surface area contributed by atoms with Gasteiger partial charge in [0.05, 0.1) is 35.9 Å². The van der Waals surface area contributed by atoms with Crippen LogP contribution < -0.4 is 4.90 Å². The number of halogens is 1. The fourth-order valence-electron chi connectivity index (χ4n) is 5.46. The van der Waals surface area contributed by atoms with E-state index in [2.05, 4.69) is 31.3 Å². The predicted molar refractivity (Wildman–Crippen MR) is 107 cm³/mol. The first-order valence-corrected chi connectivity index (χ1v) is 10.7. The van der Waals surface area contributed by atoms with E-state index in [4.69, 9.17) is 4.74 Å². The van der Waals surface area contributed by atoms with Crippen LogP contribution in [0, 0.1) is 17.7 Å². The van der Waals surface area contributed by atoms with Crippen LogP contribution in [0.1, 0.15) is 37.4 Å². The number of likely N-dealkylation sites (tertiary alicyclic amines) is 1. The van der Waals surface area contributed by atoms with Crippen LogP contribution in [0.15, 0.2) is 24.7 Å². The Hall–Kier alpha value is -2.06. The first kappa shape index (κ1) is 18.9. The van der Waals surface area contributed by atoms with E-state index in [0.717, 1.165) is 51.3 Å². The predicted octanol–water partition coefficient (Wildman–Crippen LogP) is 2.51. The highest BCUT2D eigenvalue weighted by atomic mass is 19.1. The fourth-order valence-corrected chi connectivity index (χ4v) is 5.46. The quantitative estimate of drug-likeness (QED) is 0.769. The van der Waals surface area contributed by atoms with Gasteiger partial charge in [-0.05, 0) is 56.7 Å². The monoisotopic (exact) mass is 400 g/mol. The van der Waals surface area contributed by atoms with E-state index in [9.17, 15) is 4.39 Å². The summed E-state index contributed by atoms with van der Waals surface area (Å²) < 4.78 is 22.1. The number of anilines is 1. The average molecular weight is 401 g/mol. The number of pyridine rings is 1. The number of nitrogens with zero attached hydrogens (tertiary/aromatic N) is 6. The van der Waals surface area contributed by atoms with Crippen LogP contribution in [0.4, 0.5) is 10.1 Å². The van der Waals surface area contributed by atoms with E-state index < -0.39 is 0 Å². The van der Waals surface area contributed by atoms with Crippen molar-refractivity contribution in [2.24, 2.45) is 11.8 Å². The Labute approximate surface area is 170 Å². The standard InChI is InChI=1S/C21H29FN6O/c1-29-21-9-16-12-27(19-4-5-23-10-18(19)22)11-15(16)8-20(21)28-14-17(24-25-28)13-26-6-2-3-7-26/h4-5,10,14-16,20-21H,2-3,6-9,11-13H2,1H3/t15-,16+,20-,21-/m1/s1. The normalized spacial score (nSPS) is 30.1. The molecule has 1 saturated carbocycles. The Balaban J connectivity index is 1.30. The molecule has 2 aliphatic heterocycles.